The SMILES string of the molecule is Cc1ccnc(C[C@H](C)N(C)C(=O)CS(C)(=O)=O)c1. The van der Waals surface area contributed by atoms with Crippen LogP contribution in [0.3, 0.4) is 0 Å². The lowest BCUT2D eigenvalue weighted by Crippen LogP contribution is -2.39. The van der Waals surface area contributed by atoms with E-state index in [0.717, 1.165) is 17.5 Å². The highest BCUT2D eigenvalue weighted by Gasteiger charge is 2.20. The summed E-state index contributed by atoms with van der Waals surface area (Å²) in [5.74, 6) is -0.836. The summed E-state index contributed by atoms with van der Waals surface area (Å²) in [7, 11) is -1.67. The van der Waals surface area contributed by atoms with Gasteiger partial charge in [0.2, 0.25) is 5.91 Å². The number of rotatable bonds is 5. The van der Waals surface area contributed by atoms with Gasteiger partial charge >= 0.3 is 0 Å². The molecule has 0 aromatic carbocycles. The molecule has 0 radical (unpaired) electrons. The monoisotopic (exact) mass is 284 g/mol. The summed E-state index contributed by atoms with van der Waals surface area (Å²) in [5, 5.41) is 0. The summed E-state index contributed by atoms with van der Waals surface area (Å²) >= 11 is 0. The number of nitrogens with zero attached hydrogens (tertiary/aromatic N) is 2. The van der Waals surface area contributed by atoms with E-state index < -0.39 is 15.6 Å². The Hall–Kier alpha value is -1.43. The Balaban J connectivity index is 2.67. The highest BCUT2D eigenvalue weighted by Crippen LogP contribution is 2.08. The largest absolute Gasteiger partial charge is 0.342 e. The van der Waals surface area contributed by atoms with Crippen LogP contribution < -0.4 is 0 Å². The molecule has 0 aliphatic rings. The van der Waals surface area contributed by atoms with Crippen LogP contribution in [0.4, 0.5) is 0 Å². The molecule has 0 N–H and O–H groups in total. The first-order valence-corrected chi connectivity index (χ1v) is 8.10. The summed E-state index contributed by atoms with van der Waals surface area (Å²) in [6.45, 7) is 3.86. The Morgan fingerprint density at radius 2 is 2.11 bits per heavy atom. The van der Waals surface area contributed by atoms with Crippen molar-refractivity contribution in [3.8, 4) is 0 Å². The molecular formula is C13H20N2O3S. The molecule has 1 rings (SSSR count). The van der Waals surface area contributed by atoms with E-state index in [1.165, 1.54) is 4.90 Å². The molecule has 1 aromatic heterocycles. The molecule has 6 heteroatoms. The molecule has 0 unspecified atom stereocenters. The van der Waals surface area contributed by atoms with Crippen LogP contribution in [0.25, 0.3) is 0 Å². The number of sulfone groups is 1. The molecule has 0 spiro atoms. The zero-order chi connectivity index (χ0) is 14.6. The highest BCUT2D eigenvalue weighted by molar-refractivity contribution is 7.91. The van der Waals surface area contributed by atoms with Gasteiger partial charge in [0.1, 0.15) is 5.75 Å². The number of hydrogen-bond donors (Lipinski definition) is 0. The quantitative estimate of drug-likeness (QED) is 0.803. The maximum absolute atomic E-state index is 11.8. The van der Waals surface area contributed by atoms with Gasteiger partial charge in [0.05, 0.1) is 0 Å². The third kappa shape index (κ3) is 5.38. The maximum Gasteiger partial charge on any atom is 0.237 e. The molecule has 1 amide bonds. The molecular weight excluding hydrogens is 264 g/mol. The first-order chi connectivity index (χ1) is 8.69. The Kier molecular flexibility index (Phi) is 5.05. The second-order valence-electron chi connectivity index (χ2n) is 4.95. The standard InChI is InChI=1S/C13H20N2O3S/c1-10-5-6-14-12(7-10)8-11(2)15(3)13(16)9-19(4,17)18/h5-7,11H,8-9H2,1-4H3/t11-/m0/s1. The van der Waals surface area contributed by atoms with E-state index in [-0.39, 0.29) is 11.9 Å². The van der Waals surface area contributed by atoms with Crippen LogP contribution in [0.1, 0.15) is 18.2 Å². The third-order valence-corrected chi connectivity index (χ3v) is 3.69. The number of amides is 1. The second-order valence-corrected chi connectivity index (χ2v) is 7.09. The van der Waals surface area contributed by atoms with Gasteiger partial charge in [-0.2, -0.15) is 0 Å². The van der Waals surface area contributed by atoms with E-state index in [0.29, 0.717) is 6.42 Å². The van der Waals surface area contributed by atoms with Crippen LogP contribution >= 0.6 is 0 Å². The number of aromatic nitrogens is 1. The van der Waals surface area contributed by atoms with E-state index in [4.69, 9.17) is 0 Å². The Bertz CT molecular complexity index is 555. The van der Waals surface area contributed by atoms with Crippen LogP contribution in [0.5, 0.6) is 0 Å². The lowest BCUT2D eigenvalue weighted by molar-refractivity contribution is -0.128. The molecule has 1 heterocycles. The molecule has 1 atom stereocenters. The number of pyridine rings is 1. The van der Waals surface area contributed by atoms with E-state index >= 15 is 0 Å². The van der Waals surface area contributed by atoms with Gasteiger partial charge in [-0.05, 0) is 31.5 Å². The molecule has 5 nitrogen and oxygen atoms in total. The van der Waals surface area contributed by atoms with Gasteiger partial charge in [-0.1, -0.05) is 0 Å². The lowest BCUT2D eigenvalue weighted by atomic mass is 10.1. The number of carbonyl (C=O) groups excluding carboxylic acids is 1. The van der Waals surface area contributed by atoms with Crippen LogP contribution in [0.15, 0.2) is 18.3 Å². The van der Waals surface area contributed by atoms with Crippen LogP contribution in [0, 0.1) is 6.92 Å². The van der Waals surface area contributed by atoms with Gasteiger partial charge in [-0.15, -0.1) is 0 Å². The zero-order valence-corrected chi connectivity index (χ0v) is 12.6. The molecule has 0 saturated carbocycles. The molecule has 0 saturated heterocycles. The summed E-state index contributed by atoms with van der Waals surface area (Å²) < 4.78 is 22.2. The fourth-order valence-electron chi connectivity index (χ4n) is 1.72. The number of carbonyl (C=O) groups is 1. The van der Waals surface area contributed by atoms with Crippen molar-refractivity contribution < 1.29 is 13.2 Å². The van der Waals surface area contributed by atoms with E-state index in [9.17, 15) is 13.2 Å². The maximum atomic E-state index is 11.8. The normalized spacial score (nSPS) is 13.1. The van der Waals surface area contributed by atoms with Gasteiger partial charge in [-0.25, -0.2) is 8.42 Å². The number of aryl methyl sites for hydroxylation is 1. The van der Waals surface area contributed by atoms with Crippen molar-refractivity contribution in [1.82, 2.24) is 9.88 Å². The molecule has 0 fully saturated rings. The lowest BCUT2D eigenvalue weighted by Gasteiger charge is -2.24. The highest BCUT2D eigenvalue weighted by atomic mass is 32.2. The van der Waals surface area contributed by atoms with Crippen LogP contribution in [-0.2, 0) is 21.1 Å². The molecule has 19 heavy (non-hydrogen) atoms. The molecule has 0 aliphatic heterocycles. The molecule has 0 aliphatic carbocycles. The van der Waals surface area contributed by atoms with Crippen LogP contribution in [-0.4, -0.2) is 49.3 Å². The Labute approximate surface area is 114 Å². The van der Waals surface area contributed by atoms with Crippen molar-refractivity contribution in [2.45, 2.75) is 26.3 Å². The first-order valence-electron chi connectivity index (χ1n) is 6.04. The summed E-state index contributed by atoms with van der Waals surface area (Å²) in [5.41, 5.74) is 2.01. The van der Waals surface area contributed by atoms with Crippen molar-refractivity contribution >= 4 is 15.7 Å². The second kappa shape index (κ2) is 6.14. The minimum absolute atomic E-state index is 0.0939. The van der Waals surface area contributed by atoms with Gasteiger partial charge in [0.15, 0.2) is 9.84 Å². The average Bonchev–Trinajstić information content (AvgIpc) is 2.25. The predicted octanol–water partition coefficient (Wildman–Crippen LogP) is 0.824. The van der Waals surface area contributed by atoms with E-state index in [2.05, 4.69) is 4.98 Å². The molecule has 1 aromatic rings. The van der Waals surface area contributed by atoms with Crippen molar-refractivity contribution in [3.63, 3.8) is 0 Å². The first kappa shape index (κ1) is 15.6. The minimum Gasteiger partial charge on any atom is -0.342 e. The fraction of sp³-hybridized carbons (Fsp3) is 0.538. The van der Waals surface area contributed by atoms with Crippen molar-refractivity contribution in [1.29, 1.82) is 0 Å². The molecule has 106 valence electrons. The van der Waals surface area contributed by atoms with Crippen molar-refractivity contribution in [3.05, 3.63) is 29.6 Å². The number of hydrogen-bond acceptors (Lipinski definition) is 4. The van der Waals surface area contributed by atoms with Crippen LogP contribution in [0.2, 0.25) is 0 Å². The third-order valence-electron chi connectivity index (χ3n) is 2.92. The summed E-state index contributed by atoms with van der Waals surface area (Å²) in [4.78, 5) is 17.5. The Morgan fingerprint density at radius 3 is 2.63 bits per heavy atom. The smallest absolute Gasteiger partial charge is 0.237 e. The van der Waals surface area contributed by atoms with Gasteiger partial charge in [0, 0.05) is 37.7 Å². The molecule has 0 bridgehead atoms. The summed E-state index contributed by atoms with van der Waals surface area (Å²) in [6, 6.07) is 3.78. The Morgan fingerprint density at radius 1 is 1.47 bits per heavy atom. The van der Waals surface area contributed by atoms with Gasteiger partial charge in [-0.3, -0.25) is 9.78 Å². The fourth-order valence-corrected chi connectivity index (χ4v) is 2.37. The zero-order valence-electron chi connectivity index (χ0n) is 11.8. The minimum atomic E-state index is -3.29. The van der Waals surface area contributed by atoms with Gasteiger partial charge < -0.3 is 4.90 Å². The van der Waals surface area contributed by atoms with E-state index in [1.54, 1.807) is 13.2 Å². The van der Waals surface area contributed by atoms with Crippen molar-refractivity contribution in [2.75, 3.05) is 19.1 Å². The van der Waals surface area contributed by atoms with Gasteiger partial charge in [0.25, 0.3) is 0 Å². The number of likely N-dealkylation sites (N-methyl/N-ethyl adjacent to an activating group) is 1. The van der Waals surface area contributed by atoms with Crippen molar-refractivity contribution in [2.24, 2.45) is 0 Å². The summed E-state index contributed by atoms with van der Waals surface area (Å²) in [6.07, 6.45) is 3.40. The topological polar surface area (TPSA) is 67.3 Å². The van der Waals surface area contributed by atoms with E-state index in [1.807, 2.05) is 26.0 Å². The predicted molar refractivity (Wildman–Crippen MR) is 74.6 cm³/mol. The average molecular weight is 284 g/mol.